The van der Waals surface area contributed by atoms with E-state index in [1.54, 1.807) is 18.4 Å². The zero-order valence-corrected chi connectivity index (χ0v) is 13.3. The number of aliphatic imine (C=N–C) groups is 1. The first kappa shape index (κ1) is 16.0. The molecule has 2 rings (SSSR count). The van der Waals surface area contributed by atoms with Gasteiger partial charge in [-0.15, -0.1) is 11.3 Å². The van der Waals surface area contributed by atoms with E-state index in [1.165, 1.54) is 4.88 Å². The van der Waals surface area contributed by atoms with Crippen LogP contribution in [0.15, 0.2) is 52.8 Å². The molecule has 116 valence electrons. The fraction of sp³-hybridized carbons (Fsp3) is 0.250. The van der Waals surface area contributed by atoms with Crippen LogP contribution in [0.3, 0.4) is 0 Å². The van der Waals surface area contributed by atoms with Crippen LogP contribution in [0.1, 0.15) is 10.4 Å². The van der Waals surface area contributed by atoms with E-state index in [0.29, 0.717) is 19.0 Å². The molecule has 0 atom stereocenters. The maximum Gasteiger partial charge on any atom is 0.239 e. The molecular weight excluding hydrogens is 296 g/mol. The van der Waals surface area contributed by atoms with E-state index < -0.39 is 0 Å². The second-order valence-corrected chi connectivity index (χ2v) is 5.65. The van der Waals surface area contributed by atoms with Crippen molar-refractivity contribution in [2.24, 2.45) is 4.99 Å². The molecule has 6 heteroatoms. The second-order valence-electron chi connectivity index (χ2n) is 4.62. The molecular formula is C16H20N4OS. The third-order valence-corrected chi connectivity index (χ3v) is 3.86. The number of hydrogen-bond acceptors (Lipinski definition) is 3. The van der Waals surface area contributed by atoms with Crippen molar-refractivity contribution in [3.8, 4) is 0 Å². The van der Waals surface area contributed by atoms with Crippen molar-refractivity contribution in [3.63, 3.8) is 0 Å². The number of amides is 1. The Bertz CT molecular complexity index is 596. The first-order valence-corrected chi connectivity index (χ1v) is 7.93. The molecule has 1 amide bonds. The maximum atomic E-state index is 11.8. The van der Waals surface area contributed by atoms with Crippen LogP contribution in [0.5, 0.6) is 0 Å². The van der Waals surface area contributed by atoms with Gasteiger partial charge < -0.3 is 16.0 Å². The number of carbonyl (C=O) groups is 1. The van der Waals surface area contributed by atoms with Gasteiger partial charge in [0.2, 0.25) is 5.91 Å². The summed E-state index contributed by atoms with van der Waals surface area (Å²) >= 11 is 1.68. The number of rotatable bonds is 6. The van der Waals surface area contributed by atoms with Gasteiger partial charge in [-0.25, -0.2) is 0 Å². The van der Waals surface area contributed by atoms with Crippen molar-refractivity contribution in [1.82, 2.24) is 16.0 Å². The number of thiophene rings is 1. The Morgan fingerprint density at radius 2 is 1.86 bits per heavy atom. The Morgan fingerprint density at radius 1 is 1.05 bits per heavy atom. The summed E-state index contributed by atoms with van der Waals surface area (Å²) in [7, 11) is 1.69. The summed E-state index contributed by atoms with van der Waals surface area (Å²) in [5, 5.41) is 11.1. The predicted octanol–water partition coefficient (Wildman–Crippen LogP) is 1.73. The highest BCUT2D eigenvalue weighted by molar-refractivity contribution is 7.09. The fourth-order valence-electron chi connectivity index (χ4n) is 1.83. The highest BCUT2D eigenvalue weighted by atomic mass is 32.1. The first-order valence-electron chi connectivity index (χ1n) is 7.05. The lowest BCUT2D eigenvalue weighted by atomic mass is 10.2. The molecule has 0 aliphatic rings. The number of benzene rings is 1. The topological polar surface area (TPSA) is 65.5 Å². The normalized spacial score (nSPS) is 11.0. The van der Waals surface area contributed by atoms with E-state index in [-0.39, 0.29) is 12.5 Å². The van der Waals surface area contributed by atoms with Crippen LogP contribution in [-0.4, -0.2) is 25.5 Å². The quantitative estimate of drug-likeness (QED) is 0.562. The number of carbonyl (C=O) groups excluding carboxylic acids is 1. The van der Waals surface area contributed by atoms with Gasteiger partial charge in [0, 0.05) is 18.5 Å². The van der Waals surface area contributed by atoms with E-state index >= 15 is 0 Å². The van der Waals surface area contributed by atoms with Crippen molar-refractivity contribution < 1.29 is 4.79 Å². The smallest absolute Gasteiger partial charge is 0.239 e. The zero-order chi connectivity index (χ0) is 15.6. The summed E-state index contributed by atoms with van der Waals surface area (Å²) in [4.78, 5) is 17.1. The highest BCUT2D eigenvalue weighted by Crippen LogP contribution is 2.06. The molecule has 0 aliphatic carbocycles. The van der Waals surface area contributed by atoms with Crippen LogP contribution in [0.25, 0.3) is 0 Å². The number of nitrogens with one attached hydrogen (secondary N) is 3. The van der Waals surface area contributed by atoms with Gasteiger partial charge in [0.15, 0.2) is 5.96 Å². The Morgan fingerprint density at radius 3 is 2.55 bits per heavy atom. The van der Waals surface area contributed by atoms with Crippen molar-refractivity contribution >= 4 is 23.2 Å². The van der Waals surface area contributed by atoms with Crippen LogP contribution in [-0.2, 0) is 17.9 Å². The lowest BCUT2D eigenvalue weighted by Gasteiger charge is -2.11. The average molecular weight is 316 g/mol. The minimum Gasteiger partial charge on any atom is -0.352 e. The lowest BCUT2D eigenvalue weighted by molar-refractivity contribution is -0.120. The monoisotopic (exact) mass is 316 g/mol. The van der Waals surface area contributed by atoms with Gasteiger partial charge in [0.1, 0.15) is 0 Å². The first-order chi connectivity index (χ1) is 10.8. The van der Waals surface area contributed by atoms with E-state index in [2.05, 4.69) is 27.0 Å². The van der Waals surface area contributed by atoms with Gasteiger partial charge in [-0.05, 0) is 17.0 Å². The molecule has 0 saturated heterocycles. The minimum atomic E-state index is -0.0667. The Balaban J connectivity index is 1.67. The molecule has 0 fully saturated rings. The highest BCUT2D eigenvalue weighted by Gasteiger charge is 2.04. The van der Waals surface area contributed by atoms with Crippen molar-refractivity contribution in [3.05, 3.63) is 58.3 Å². The molecule has 1 aromatic heterocycles. The minimum absolute atomic E-state index is 0.0667. The standard InChI is InChI=1S/C16H20N4OS/c1-17-16(19-11-14-8-5-9-22-14)20-12-15(21)18-10-13-6-3-2-4-7-13/h2-9H,10-12H2,1H3,(H,18,21)(H2,17,19,20). The molecule has 22 heavy (non-hydrogen) atoms. The van der Waals surface area contributed by atoms with Crippen molar-refractivity contribution in [1.29, 1.82) is 0 Å². The van der Waals surface area contributed by atoms with E-state index in [1.807, 2.05) is 41.8 Å². The van der Waals surface area contributed by atoms with Crippen LogP contribution in [0, 0.1) is 0 Å². The number of guanidine groups is 1. The summed E-state index contributed by atoms with van der Waals surface area (Å²) in [6.45, 7) is 1.42. The molecule has 1 aromatic carbocycles. The third kappa shape index (κ3) is 5.57. The van der Waals surface area contributed by atoms with Gasteiger partial charge in [0.05, 0.1) is 13.1 Å². The molecule has 3 N–H and O–H groups in total. The van der Waals surface area contributed by atoms with Gasteiger partial charge in [-0.2, -0.15) is 0 Å². The Hall–Kier alpha value is -2.34. The molecule has 1 heterocycles. The molecule has 0 spiro atoms. The molecule has 0 unspecified atom stereocenters. The van der Waals surface area contributed by atoms with Gasteiger partial charge in [0.25, 0.3) is 0 Å². The largest absolute Gasteiger partial charge is 0.352 e. The van der Waals surface area contributed by atoms with Crippen molar-refractivity contribution in [2.75, 3.05) is 13.6 Å². The van der Waals surface area contributed by atoms with E-state index in [4.69, 9.17) is 0 Å². The number of hydrogen-bond donors (Lipinski definition) is 3. The van der Waals surface area contributed by atoms with Crippen LogP contribution >= 0.6 is 11.3 Å². The molecule has 0 bridgehead atoms. The Kier molecular flexibility index (Phi) is 6.44. The number of nitrogens with zero attached hydrogens (tertiary/aromatic N) is 1. The molecule has 0 saturated carbocycles. The summed E-state index contributed by atoms with van der Waals surface area (Å²) in [5.41, 5.74) is 1.08. The van der Waals surface area contributed by atoms with Gasteiger partial charge >= 0.3 is 0 Å². The molecule has 5 nitrogen and oxygen atoms in total. The average Bonchev–Trinajstić information content (AvgIpc) is 3.07. The third-order valence-electron chi connectivity index (χ3n) is 2.98. The molecule has 0 aliphatic heterocycles. The lowest BCUT2D eigenvalue weighted by Crippen LogP contribution is -2.42. The van der Waals surface area contributed by atoms with Gasteiger partial charge in [-0.3, -0.25) is 9.79 Å². The van der Waals surface area contributed by atoms with Gasteiger partial charge in [-0.1, -0.05) is 36.4 Å². The molecule has 0 radical (unpaired) electrons. The van der Waals surface area contributed by atoms with E-state index in [0.717, 1.165) is 5.56 Å². The SMILES string of the molecule is CN=C(NCC(=O)NCc1ccccc1)NCc1cccs1. The van der Waals surface area contributed by atoms with Crippen LogP contribution < -0.4 is 16.0 Å². The van der Waals surface area contributed by atoms with Crippen LogP contribution in [0.2, 0.25) is 0 Å². The maximum absolute atomic E-state index is 11.8. The summed E-state index contributed by atoms with van der Waals surface area (Å²) in [6.07, 6.45) is 0. The summed E-state index contributed by atoms with van der Waals surface area (Å²) < 4.78 is 0. The predicted molar refractivity (Wildman–Crippen MR) is 90.8 cm³/mol. The van der Waals surface area contributed by atoms with Crippen molar-refractivity contribution in [2.45, 2.75) is 13.1 Å². The fourth-order valence-corrected chi connectivity index (χ4v) is 2.47. The summed E-state index contributed by atoms with van der Waals surface area (Å²) in [6, 6.07) is 13.9. The summed E-state index contributed by atoms with van der Waals surface area (Å²) in [5.74, 6) is 0.547. The zero-order valence-electron chi connectivity index (χ0n) is 12.5. The second kappa shape index (κ2) is 8.84. The van der Waals surface area contributed by atoms with E-state index in [9.17, 15) is 4.79 Å². The molecule has 2 aromatic rings. The Labute approximate surface area is 134 Å². The van der Waals surface area contributed by atoms with Crippen LogP contribution in [0.4, 0.5) is 0 Å².